The molecule has 5 fully saturated rings. The van der Waals surface area contributed by atoms with Gasteiger partial charge < -0.3 is 14.8 Å². The average molecular weight is 396 g/mol. The Morgan fingerprint density at radius 1 is 0.857 bits per heavy atom. The first-order valence-corrected chi connectivity index (χ1v) is 11.4. The van der Waals surface area contributed by atoms with Crippen LogP contribution in [0, 0.1) is 5.92 Å². The molecule has 0 aromatic rings. The number of piperidine rings is 1. The highest BCUT2D eigenvalue weighted by molar-refractivity contribution is 4.94. The molecule has 0 saturated carbocycles. The van der Waals surface area contributed by atoms with Gasteiger partial charge in [-0.15, -0.1) is 0 Å². The van der Waals surface area contributed by atoms with Crippen LogP contribution >= 0.6 is 0 Å². The lowest BCUT2D eigenvalue weighted by Crippen LogP contribution is -2.57. The van der Waals surface area contributed by atoms with Crippen molar-refractivity contribution in [1.82, 2.24) is 25.9 Å². The third kappa shape index (κ3) is 4.25. The highest BCUT2D eigenvalue weighted by atomic mass is 16.7. The second-order valence-corrected chi connectivity index (χ2v) is 8.99. The Bertz CT molecular complexity index is 500. The minimum absolute atomic E-state index is 0.104. The summed E-state index contributed by atoms with van der Waals surface area (Å²) in [5.74, 6) is 0.594. The molecule has 5 rings (SSSR count). The van der Waals surface area contributed by atoms with Gasteiger partial charge in [0.15, 0.2) is 0 Å². The summed E-state index contributed by atoms with van der Waals surface area (Å²) >= 11 is 0. The van der Waals surface area contributed by atoms with Gasteiger partial charge in [-0.05, 0) is 57.5 Å². The van der Waals surface area contributed by atoms with E-state index in [1.54, 1.807) is 0 Å². The number of hydroxylamine groups is 1. The summed E-state index contributed by atoms with van der Waals surface area (Å²) in [5.41, 5.74) is 3.37. The minimum Gasteiger partial charge on any atom is -0.381 e. The van der Waals surface area contributed by atoms with Gasteiger partial charge in [0.1, 0.15) is 6.23 Å². The normalized spacial score (nSPS) is 42.2. The zero-order chi connectivity index (χ0) is 18.8. The molecule has 5 aliphatic heterocycles. The summed E-state index contributed by atoms with van der Waals surface area (Å²) in [5, 5.41) is 7.53. The third-order valence-electron chi connectivity index (χ3n) is 7.40. The summed E-state index contributed by atoms with van der Waals surface area (Å²) < 4.78 is 11.1. The van der Waals surface area contributed by atoms with Gasteiger partial charge in [0.05, 0.1) is 31.6 Å². The second-order valence-electron chi connectivity index (χ2n) is 8.99. The van der Waals surface area contributed by atoms with Crippen LogP contribution in [0.3, 0.4) is 0 Å². The molecule has 5 atom stereocenters. The average Bonchev–Trinajstić information content (AvgIpc) is 3.45. The van der Waals surface area contributed by atoms with Crippen molar-refractivity contribution in [3.8, 4) is 0 Å². The largest absolute Gasteiger partial charge is 0.381 e. The molecule has 0 aromatic heterocycles. The van der Waals surface area contributed by atoms with Crippen molar-refractivity contribution in [2.75, 3.05) is 52.6 Å². The van der Waals surface area contributed by atoms with Crippen molar-refractivity contribution in [3.05, 3.63) is 0 Å². The number of rotatable bonds is 4. The fourth-order valence-electron chi connectivity index (χ4n) is 5.82. The second kappa shape index (κ2) is 9.22. The first-order valence-electron chi connectivity index (χ1n) is 11.4. The summed E-state index contributed by atoms with van der Waals surface area (Å²) in [6, 6.07) is 1.15. The van der Waals surface area contributed by atoms with Crippen LogP contribution in [0.25, 0.3) is 0 Å². The van der Waals surface area contributed by atoms with Gasteiger partial charge >= 0.3 is 0 Å². The molecular formula is C20H37N5O3. The molecule has 5 aliphatic rings. The minimum atomic E-state index is 0.104. The quantitative estimate of drug-likeness (QED) is 0.618. The molecule has 0 amide bonds. The third-order valence-corrected chi connectivity index (χ3v) is 7.40. The molecule has 0 aromatic carbocycles. The number of hydrogen-bond donors (Lipinski definition) is 3. The number of nitrogens with one attached hydrogen (secondary N) is 3. The van der Waals surface area contributed by atoms with Gasteiger partial charge in [-0.3, -0.25) is 20.0 Å². The van der Waals surface area contributed by atoms with Crippen molar-refractivity contribution < 1.29 is 14.3 Å². The molecule has 3 N–H and O–H groups in total. The number of hydrogen-bond acceptors (Lipinski definition) is 8. The zero-order valence-corrected chi connectivity index (χ0v) is 17.0. The van der Waals surface area contributed by atoms with E-state index in [0.717, 1.165) is 65.3 Å². The first kappa shape index (κ1) is 19.6. The van der Waals surface area contributed by atoms with E-state index in [2.05, 4.69) is 25.9 Å². The van der Waals surface area contributed by atoms with Crippen LogP contribution in [0.2, 0.25) is 0 Å². The molecule has 160 valence electrons. The monoisotopic (exact) mass is 395 g/mol. The van der Waals surface area contributed by atoms with Crippen molar-refractivity contribution in [2.24, 2.45) is 5.92 Å². The van der Waals surface area contributed by atoms with Gasteiger partial charge in [0, 0.05) is 32.3 Å². The van der Waals surface area contributed by atoms with Crippen molar-refractivity contribution in [3.63, 3.8) is 0 Å². The van der Waals surface area contributed by atoms with Gasteiger partial charge in [0.2, 0.25) is 0 Å². The standard InChI is InChI=1S/C20H37N5O3/c1-2-17(25(7-1)16-4-10-26-11-5-16)20-22-19(23-28-20)15-3-6-21-18(14-15)24-8-12-27-13-9-24/h15-23H,1-14H2/t15?,17-,18?,19?,20?/m1/s1. The van der Waals surface area contributed by atoms with Gasteiger partial charge in [0.25, 0.3) is 0 Å². The predicted octanol–water partition coefficient (Wildman–Crippen LogP) is 0.0643. The summed E-state index contributed by atoms with van der Waals surface area (Å²) in [6.07, 6.45) is 8.01. The molecule has 0 bridgehead atoms. The fourth-order valence-corrected chi connectivity index (χ4v) is 5.82. The Morgan fingerprint density at radius 2 is 1.68 bits per heavy atom. The summed E-state index contributed by atoms with van der Waals surface area (Å²) in [7, 11) is 0. The molecular weight excluding hydrogens is 358 g/mol. The Labute approximate surface area is 168 Å². The van der Waals surface area contributed by atoms with Crippen LogP contribution in [0.5, 0.6) is 0 Å². The lowest BCUT2D eigenvalue weighted by molar-refractivity contribution is -0.0471. The van der Waals surface area contributed by atoms with Crippen LogP contribution in [0.15, 0.2) is 0 Å². The van der Waals surface area contributed by atoms with E-state index in [9.17, 15) is 0 Å². The zero-order valence-electron chi connectivity index (χ0n) is 17.0. The lowest BCUT2D eigenvalue weighted by atomic mass is 9.92. The van der Waals surface area contributed by atoms with E-state index in [-0.39, 0.29) is 12.4 Å². The van der Waals surface area contributed by atoms with E-state index in [4.69, 9.17) is 14.3 Å². The van der Waals surface area contributed by atoms with Gasteiger partial charge in [-0.2, -0.15) is 5.48 Å². The molecule has 0 aliphatic carbocycles. The maximum Gasteiger partial charge on any atom is 0.146 e. The number of likely N-dealkylation sites (tertiary alicyclic amines) is 1. The fraction of sp³-hybridized carbons (Fsp3) is 1.00. The molecule has 8 heteroatoms. The van der Waals surface area contributed by atoms with Crippen LogP contribution in [0.1, 0.15) is 38.5 Å². The molecule has 8 nitrogen and oxygen atoms in total. The van der Waals surface area contributed by atoms with E-state index in [1.807, 2.05) is 0 Å². The smallest absolute Gasteiger partial charge is 0.146 e. The summed E-state index contributed by atoms with van der Waals surface area (Å²) in [4.78, 5) is 11.4. The lowest BCUT2D eigenvalue weighted by Gasteiger charge is -2.41. The molecule has 0 spiro atoms. The van der Waals surface area contributed by atoms with Crippen molar-refractivity contribution in [2.45, 2.75) is 69.2 Å². The van der Waals surface area contributed by atoms with Gasteiger partial charge in [-0.25, -0.2) is 0 Å². The van der Waals surface area contributed by atoms with Crippen LogP contribution in [0.4, 0.5) is 0 Å². The summed E-state index contributed by atoms with van der Waals surface area (Å²) in [6.45, 7) is 7.89. The first-order chi connectivity index (χ1) is 13.9. The Morgan fingerprint density at radius 3 is 2.54 bits per heavy atom. The molecule has 0 radical (unpaired) electrons. The molecule has 28 heavy (non-hydrogen) atoms. The van der Waals surface area contributed by atoms with Crippen molar-refractivity contribution >= 4 is 0 Å². The maximum absolute atomic E-state index is 6.12. The van der Waals surface area contributed by atoms with Crippen LogP contribution in [-0.4, -0.2) is 93.0 Å². The van der Waals surface area contributed by atoms with Crippen molar-refractivity contribution in [1.29, 1.82) is 0 Å². The highest BCUT2D eigenvalue weighted by Crippen LogP contribution is 2.30. The van der Waals surface area contributed by atoms with Gasteiger partial charge in [-0.1, -0.05) is 0 Å². The Balaban J connectivity index is 1.16. The topological polar surface area (TPSA) is 70.3 Å². The van der Waals surface area contributed by atoms with E-state index >= 15 is 0 Å². The molecule has 5 saturated heterocycles. The number of ether oxygens (including phenoxy) is 2. The number of morpholine rings is 1. The SMILES string of the molecule is C1C[C@H](C2NC(C3CCNC(N4CCOCC4)C3)NO2)N(C2CCOCC2)C1. The van der Waals surface area contributed by atoms with E-state index < -0.39 is 0 Å². The molecule has 5 heterocycles. The Hall–Kier alpha value is -0.320. The molecule has 4 unspecified atom stereocenters. The van der Waals surface area contributed by atoms with E-state index in [1.165, 1.54) is 25.8 Å². The number of nitrogens with zero attached hydrogens (tertiary/aromatic N) is 2. The highest BCUT2D eigenvalue weighted by Gasteiger charge is 2.43. The van der Waals surface area contributed by atoms with E-state index in [0.29, 0.717) is 24.2 Å². The Kier molecular flexibility index (Phi) is 6.47. The maximum atomic E-state index is 6.12. The predicted molar refractivity (Wildman–Crippen MR) is 105 cm³/mol. The van der Waals surface area contributed by atoms with Crippen LogP contribution in [-0.2, 0) is 14.3 Å². The van der Waals surface area contributed by atoms with Crippen LogP contribution < -0.4 is 16.1 Å².